The Hall–Kier alpha value is -1.57. The zero-order valence-electron chi connectivity index (χ0n) is 12.2. The van der Waals surface area contributed by atoms with Crippen LogP contribution in [0.25, 0.3) is 0 Å². The average molecular weight is 274 g/mol. The number of ether oxygens (including phenoxy) is 1. The maximum absolute atomic E-state index is 10.4. The quantitative estimate of drug-likeness (QED) is 0.895. The van der Waals surface area contributed by atoms with Gasteiger partial charge in [-0.05, 0) is 32.0 Å². The third-order valence-corrected chi connectivity index (χ3v) is 3.95. The molecule has 108 valence electrons. The number of methoxy groups -OCH3 is 1. The van der Waals surface area contributed by atoms with E-state index < -0.39 is 5.60 Å². The van der Waals surface area contributed by atoms with Gasteiger partial charge >= 0.3 is 0 Å². The number of aliphatic hydroxyl groups is 1. The van der Waals surface area contributed by atoms with Crippen LogP contribution in [0.2, 0.25) is 0 Å². The Morgan fingerprint density at radius 1 is 1.40 bits per heavy atom. The lowest BCUT2D eigenvalue weighted by molar-refractivity contribution is 0.0144. The summed E-state index contributed by atoms with van der Waals surface area (Å²) in [7, 11) is 3.62. The third kappa shape index (κ3) is 3.50. The minimum atomic E-state index is -0.533. The van der Waals surface area contributed by atoms with Crippen LogP contribution in [-0.4, -0.2) is 36.3 Å². The van der Waals surface area contributed by atoms with Crippen molar-refractivity contribution < 1.29 is 9.84 Å². The SMILES string of the molecule is COc1cc(C#N)ccc1CN(C)CC1(O)CCCC1. The molecule has 1 fully saturated rings. The van der Waals surface area contributed by atoms with E-state index in [2.05, 4.69) is 11.0 Å². The predicted molar refractivity (Wildman–Crippen MR) is 77.5 cm³/mol. The van der Waals surface area contributed by atoms with Crippen LogP contribution >= 0.6 is 0 Å². The summed E-state index contributed by atoms with van der Waals surface area (Å²) < 4.78 is 5.34. The third-order valence-electron chi connectivity index (χ3n) is 3.95. The summed E-state index contributed by atoms with van der Waals surface area (Å²) in [5.74, 6) is 0.731. The molecule has 0 saturated heterocycles. The molecule has 2 rings (SSSR count). The average Bonchev–Trinajstić information content (AvgIpc) is 2.85. The van der Waals surface area contributed by atoms with E-state index in [4.69, 9.17) is 10.00 Å². The van der Waals surface area contributed by atoms with Crippen LogP contribution in [0.1, 0.15) is 36.8 Å². The maximum atomic E-state index is 10.4. The van der Waals surface area contributed by atoms with Crippen LogP contribution in [0.4, 0.5) is 0 Å². The van der Waals surface area contributed by atoms with Crippen molar-refractivity contribution in [3.63, 3.8) is 0 Å². The summed E-state index contributed by atoms with van der Waals surface area (Å²) >= 11 is 0. The van der Waals surface area contributed by atoms with Gasteiger partial charge in [0.1, 0.15) is 5.75 Å². The molecule has 1 aromatic carbocycles. The first-order valence-electron chi connectivity index (χ1n) is 7.04. The summed E-state index contributed by atoms with van der Waals surface area (Å²) in [6.07, 6.45) is 4.01. The molecule has 4 heteroatoms. The van der Waals surface area contributed by atoms with Crippen LogP contribution < -0.4 is 4.74 Å². The highest BCUT2D eigenvalue weighted by Crippen LogP contribution is 2.30. The van der Waals surface area contributed by atoms with Crippen molar-refractivity contribution in [2.45, 2.75) is 37.8 Å². The van der Waals surface area contributed by atoms with Gasteiger partial charge < -0.3 is 9.84 Å². The fourth-order valence-electron chi connectivity index (χ4n) is 2.99. The van der Waals surface area contributed by atoms with Gasteiger partial charge in [0.2, 0.25) is 0 Å². The Labute approximate surface area is 120 Å². The largest absolute Gasteiger partial charge is 0.496 e. The van der Waals surface area contributed by atoms with Gasteiger partial charge in [-0.25, -0.2) is 0 Å². The highest BCUT2D eigenvalue weighted by atomic mass is 16.5. The molecule has 0 bridgehead atoms. The van der Waals surface area contributed by atoms with E-state index in [0.29, 0.717) is 18.7 Å². The van der Waals surface area contributed by atoms with E-state index in [1.807, 2.05) is 13.1 Å². The van der Waals surface area contributed by atoms with E-state index >= 15 is 0 Å². The Morgan fingerprint density at radius 2 is 2.10 bits per heavy atom. The lowest BCUT2D eigenvalue weighted by atomic mass is 10.0. The monoisotopic (exact) mass is 274 g/mol. The van der Waals surface area contributed by atoms with Gasteiger partial charge in [0, 0.05) is 18.7 Å². The summed E-state index contributed by atoms with van der Waals surface area (Å²) in [5.41, 5.74) is 1.10. The van der Waals surface area contributed by atoms with E-state index in [1.54, 1.807) is 19.2 Å². The molecular formula is C16H22N2O2. The number of benzene rings is 1. The Morgan fingerprint density at radius 3 is 2.70 bits per heavy atom. The van der Waals surface area contributed by atoms with Crippen molar-refractivity contribution in [3.8, 4) is 11.8 Å². The fraction of sp³-hybridized carbons (Fsp3) is 0.562. The van der Waals surface area contributed by atoms with Gasteiger partial charge in [-0.3, -0.25) is 4.90 Å². The molecule has 20 heavy (non-hydrogen) atoms. The van der Waals surface area contributed by atoms with Gasteiger partial charge in [-0.15, -0.1) is 0 Å². The minimum Gasteiger partial charge on any atom is -0.496 e. The zero-order valence-corrected chi connectivity index (χ0v) is 12.2. The molecule has 0 unspecified atom stereocenters. The molecule has 1 aliphatic carbocycles. The molecule has 1 aromatic rings. The second kappa shape index (κ2) is 6.25. The summed E-state index contributed by atoms with van der Waals surface area (Å²) in [6, 6.07) is 7.60. The van der Waals surface area contributed by atoms with Crippen LogP contribution in [0.3, 0.4) is 0 Å². The first kappa shape index (κ1) is 14.8. The number of hydrogen-bond acceptors (Lipinski definition) is 4. The standard InChI is InChI=1S/C16H22N2O2/c1-18(12-16(19)7-3-4-8-16)11-14-6-5-13(10-17)9-15(14)20-2/h5-6,9,19H,3-4,7-8,11-12H2,1-2H3. The summed E-state index contributed by atoms with van der Waals surface area (Å²) in [5, 5.41) is 19.3. The van der Waals surface area contributed by atoms with Crippen molar-refractivity contribution >= 4 is 0 Å². The predicted octanol–water partition coefficient (Wildman–Crippen LogP) is 2.30. The molecule has 1 N–H and O–H groups in total. The van der Waals surface area contributed by atoms with Crippen molar-refractivity contribution in [2.24, 2.45) is 0 Å². The number of nitrogens with zero attached hydrogens (tertiary/aromatic N) is 2. The molecule has 1 saturated carbocycles. The van der Waals surface area contributed by atoms with Gasteiger partial charge in [0.05, 0.1) is 24.3 Å². The van der Waals surface area contributed by atoms with Gasteiger partial charge in [-0.2, -0.15) is 5.26 Å². The Balaban J connectivity index is 2.04. The van der Waals surface area contributed by atoms with Crippen LogP contribution in [-0.2, 0) is 6.54 Å². The molecule has 0 aliphatic heterocycles. The molecule has 0 amide bonds. The number of hydrogen-bond donors (Lipinski definition) is 1. The second-order valence-corrected chi connectivity index (χ2v) is 5.74. The molecule has 1 aliphatic rings. The van der Waals surface area contributed by atoms with E-state index in [-0.39, 0.29) is 0 Å². The summed E-state index contributed by atoms with van der Waals surface area (Å²) in [6.45, 7) is 1.38. The first-order valence-corrected chi connectivity index (χ1v) is 7.04. The topological polar surface area (TPSA) is 56.5 Å². The number of rotatable bonds is 5. The van der Waals surface area contributed by atoms with Crippen LogP contribution in [0, 0.1) is 11.3 Å². The Bertz CT molecular complexity index is 502. The maximum Gasteiger partial charge on any atom is 0.124 e. The minimum absolute atomic E-state index is 0.533. The van der Waals surface area contributed by atoms with Crippen molar-refractivity contribution in [2.75, 3.05) is 20.7 Å². The molecule has 0 heterocycles. The summed E-state index contributed by atoms with van der Waals surface area (Å²) in [4.78, 5) is 2.12. The van der Waals surface area contributed by atoms with Crippen molar-refractivity contribution in [1.82, 2.24) is 4.90 Å². The highest BCUT2D eigenvalue weighted by molar-refractivity contribution is 5.42. The van der Waals surface area contributed by atoms with E-state index in [0.717, 1.165) is 37.0 Å². The van der Waals surface area contributed by atoms with Gasteiger partial charge in [0.15, 0.2) is 0 Å². The molecule has 0 aromatic heterocycles. The van der Waals surface area contributed by atoms with Crippen molar-refractivity contribution in [3.05, 3.63) is 29.3 Å². The molecular weight excluding hydrogens is 252 g/mol. The van der Waals surface area contributed by atoms with Crippen molar-refractivity contribution in [1.29, 1.82) is 5.26 Å². The molecule has 0 atom stereocenters. The number of likely N-dealkylation sites (N-methyl/N-ethyl adjacent to an activating group) is 1. The molecule has 4 nitrogen and oxygen atoms in total. The highest BCUT2D eigenvalue weighted by Gasteiger charge is 2.32. The first-order chi connectivity index (χ1) is 9.56. The van der Waals surface area contributed by atoms with E-state index in [9.17, 15) is 5.11 Å². The van der Waals surface area contributed by atoms with Crippen LogP contribution in [0.5, 0.6) is 5.75 Å². The fourth-order valence-corrected chi connectivity index (χ4v) is 2.99. The lowest BCUT2D eigenvalue weighted by Crippen LogP contribution is -2.38. The van der Waals surface area contributed by atoms with Crippen LogP contribution in [0.15, 0.2) is 18.2 Å². The van der Waals surface area contributed by atoms with Gasteiger partial charge in [0.25, 0.3) is 0 Å². The second-order valence-electron chi connectivity index (χ2n) is 5.74. The van der Waals surface area contributed by atoms with E-state index in [1.165, 1.54) is 0 Å². The smallest absolute Gasteiger partial charge is 0.124 e. The van der Waals surface area contributed by atoms with Gasteiger partial charge in [-0.1, -0.05) is 18.9 Å². The normalized spacial score (nSPS) is 17.1. The zero-order chi connectivity index (χ0) is 14.6. The number of nitriles is 1. The molecule has 0 radical (unpaired) electrons. The lowest BCUT2D eigenvalue weighted by Gasteiger charge is -2.29. The Kier molecular flexibility index (Phi) is 4.64. The molecule has 0 spiro atoms.